The van der Waals surface area contributed by atoms with Crippen molar-refractivity contribution in [1.29, 1.82) is 0 Å². The second-order valence-corrected chi connectivity index (χ2v) is 7.17. The molecule has 0 aliphatic carbocycles. The Bertz CT molecular complexity index is 1130. The fourth-order valence-corrected chi connectivity index (χ4v) is 3.75. The Hall–Kier alpha value is -3.54. The first kappa shape index (κ1) is 17.6. The van der Waals surface area contributed by atoms with E-state index < -0.39 is 6.04 Å². The van der Waals surface area contributed by atoms with Gasteiger partial charge in [-0.2, -0.15) is 5.10 Å². The van der Waals surface area contributed by atoms with E-state index in [-0.39, 0.29) is 12.2 Å². The molecule has 0 saturated carbocycles. The first-order chi connectivity index (χ1) is 14.1. The molecule has 0 spiro atoms. The summed E-state index contributed by atoms with van der Waals surface area (Å²) in [6.45, 7) is 6.93. The number of ether oxygens (including phenoxy) is 3. The van der Waals surface area contributed by atoms with E-state index in [9.17, 15) is 4.79 Å². The predicted octanol–water partition coefficient (Wildman–Crippen LogP) is 4.06. The first-order valence-corrected chi connectivity index (χ1v) is 9.57. The van der Waals surface area contributed by atoms with Crippen molar-refractivity contribution in [3.8, 4) is 28.5 Å². The second-order valence-electron chi connectivity index (χ2n) is 7.17. The topological polar surface area (TPSA) is 62.6 Å². The third-order valence-electron chi connectivity index (χ3n) is 5.29. The van der Waals surface area contributed by atoms with E-state index in [2.05, 4.69) is 11.7 Å². The number of Topliss-reactive ketones (excluding diaryl/α,β-unsaturated/α-hetero) is 1. The van der Waals surface area contributed by atoms with Crippen molar-refractivity contribution in [2.45, 2.75) is 19.4 Å². The summed E-state index contributed by atoms with van der Waals surface area (Å²) >= 11 is 0. The summed E-state index contributed by atoms with van der Waals surface area (Å²) in [6, 6.07) is 12.9. The smallest absolute Gasteiger partial charge is 0.161 e. The van der Waals surface area contributed by atoms with Gasteiger partial charge in [0.25, 0.3) is 0 Å². The first-order valence-electron chi connectivity index (χ1n) is 9.57. The molecule has 6 nitrogen and oxygen atoms in total. The highest BCUT2D eigenvalue weighted by molar-refractivity contribution is 5.88. The number of benzene rings is 2. The van der Waals surface area contributed by atoms with Crippen molar-refractivity contribution in [2.75, 3.05) is 13.2 Å². The fourth-order valence-electron chi connectivity index (χ4n) is 3.75. The van der Waals surface area contributed by atoms with Gasteiger partial charge in [-0.1, -0.05) is 24.8 Å². The van der Waals surface area contributed by atoms with Crippen LogP contribution >= 0.6 is 0 Å². The number of para-hydroxylation sites is 1. The minimum absolute atomic E-state index is 0.0576. The van der Waals surface area contributed by atoms with E-state index >= 15 is 0 Å². The summed E-state index contributed by atoms with van der Waals surface area (Å²) in [4.78, 5) is 13.1. The predicted molar refractivity (Wildman–Crippen MR) is 108 cm³/mol. The molecular weight excluding hydrogens is 368 g/mol. The second kappa shape index (κ2) is 6.81. The SMILES string of the molecule is C=C1Oc2ccccc2-c2c1cnn2C(C)C(=O)Cc1ccc2c(c1)OCCO2. The largest absolute Gasteiger partial charge is 0.486 e. The van der Waals surface area contributed by atoms with E-state index in [0.717, 1.165) is 33.9 Å². The highest BCUT2D eigenvalue weighted by atomic mass is 16.6. The van der Waals surface area contributed by atoms with Crippen LogP contribution in [0.3, 0.4) is 0 Å². The summed E-state index contributed by atoms with van der Waals surface area (Å²) in [7, 11) is 0. The Kier molecular flexibility index (Phi) is 4.12. The van der Waals surface area contributed by atoms with Gasteiger partial charge in [0.2, 0.25) is 0 Å². The highest BCUT2D eigenvalue weighted by Gasteiger charge is 2.29. The molecule has 5 rings (SSSR count). The number of hydrogen-bond donors (Lipinski definition) is 0. The van der Waals surface area contributed by atoms with Crippen molar-refractivity contribution >= 4 is 11.5 Å². The molecule has 2 aliphatic rings. The van der Waals surface area contributed by atoms with Gasteiger partial charge in [-0.15, -0.1) is 0 Å². The number of ketones is 1. The highest BCUT2D eigenvalue weighted by Crippen LogP contribution is 2.42. The number of carbonyl (C=O) groups is 1. The molecule has 0 bridgehead atoms. The zero-order chi connectivity index (χ0) is 20.0. The molecular formula is C23H20N2O4. The van der Waals surface area contributed by atoms with Crippen molar-refractivity contribution in [1.82, 2.24) is 9.78 Å². The lowest BCUT2D eigenvalue weighted by Gasteiger charge is -2.22. The molecule has 3 heterocycles. The van der Waals surface area contributed by atoms with E-state index in [1.165, 1.54) is 0 Å². The van der Waals surface area contributed by atoms with Gasteiger partial charge in [-0.05, 0) is 36.8 Å². The van der Waals surface area contributed by atoms with Crippen molar-refractivity contribution in [2.24, 2.45) is 0 Å². The minimum atomic E-state index is -0.439. The lowest BCUT2D eigenvalue weighted by Crippen LogP contribution is -2.21. The molecule has 1 unspecified atom stereocenters. The lowest BCUT2D eigenvalue weighted by molar-refractivity contribution is -0.121. The van der Waals surface area contributed by atoms with Gasteiger partial charge in [0.1, 0.15) is 30.8 Å². The Morgan fingerprint density at radius 1 is 1.10 bits per heavy atom. The summed E-state index contributed by atoms with van der Waals surface area (Å²) in [5.41, 5.74) is 3.47. The maximum atomic E-state index is 13.1. The molecule has 3 aromatic rings. The Morgan fingerprint density at radius 2 is 1.90 bits per heavy atom. The molecule has 0 radical (unpaired) electrons. The van der Waals surface area contributed by atoms with Crippen LogP contribution in [-0.2, 0) is 11.2 Å². The van der Waals surface area contributed by atoms with Crippen LogP contribution in [0, 0.1) is 0 Å². The molecule has 0 fully saturated rings. The molecule has 146 valence electrons. The van der Waals surface area contributed by atoms with Gasteiger partial charge in [-0.3, -0.25) is 9.48 Å². The molecule has 29 heavy (non-hydrogen) atoms. The average Bonchev–Trinajstić information content (AvgIpc) is 3.19. The van der Waals surface area contributed by atoms with Gasteiger partial charge in [0.15, 0.2) is 17.3 Å². The number of rotatable bonds is 4. The van der Waals surface area contributed by atoms with E-state index in [1.54, 1.807) is 10.9 Å². The number of nitrogens with zero attached hydrogens (tertiary/aromatic N) is 2. The van der Waals surface area contributed by atoms with Gasteiger partial charge in [0.05, 0.1) is 17.5 Å². The molecule has 2 aromatic carbocycles. The zero-order valence-corrected chi connectivity index (χ0v) is 16.1. The van der Waals surface area contributed by atoms with Crippen molar-refractivity contribution < 1.29 is 19.0 Å². The summed E-state index contributed by atoms with van der Waals surface area (Å²) in [5.74, 6) is 2.72. The van der Waals surface area contributed by atoms with Crippen LogP contribution in [0.2, 0.25) is 0 Å². The zero-order valence-electron chi connectivity index (χ0n) is 16.1. The van der Waals surface area contributed by atoms with Gasteiger partial charge < -0.3 is 14.2 Å². The Labute approximate surface area is 168 Å². The maximum Gasteiger partial charge on any atom is 0.161 e. The average molecular weight is 388 g/mol. The molecule has 1 aromatic heterocycles. The maximum absolute atomic E-state index is 13.1. The molecule has 1 atom stereocenters. The molecule has 6 heteroatoms. The molecule has 2 aliphatic heterocycles. The molecule has 0 saturated heterocycles. The van der Waals surface area contributed by atoms with Crippen LogP contribution in [0.15, 0.2) is 55.2 Å². The Balaban J connectivity index is 1.44. The fraction of sp³-hybridized carbons (Fsp3) is 0.217. The summed E-state index contributed by atoms with van der Waals surface area (Å²) < 4.78 is 18.7. The van der Waals surface area contributed by atoms with Crippen LogP contribution in [0.1, 0.15) is 24.1 Å². The standard InChI is InChI=1S/C23H20N2O4/c1-14(19(26)11-16-7-8-21-22(12-16)28-10-9-27-21)25-23-17-5-3-4-6-20(17)29-15(2)18(23)13-24-25/h3-8,12-14H,2,9-11H2,1H3. The third kappa shape index (κ3) is 2.97. The van der Waals surface area contributed by atoms with Gasteiger partial charge in [0, 0.05) is 12.0 Å². The summed E-state index contributed by atoms with van der Waals surface area (Å²) in [6.07, 6.45) is 1.99. The lowest BCUT2D eigenvalue weighted by atomic mass is 10.0. The third-order valence-corrected chi connectivity index (χ3v) is 5.29. The van der Waals surface area contributed by atoms with Crippen LogP contribution in [-0.4, -0.2) is 28.8 Å². The number of hydrogen-bond acceptors (Lipinski definition) is 5. The van der Waals surface area contributed by atoms with Crippen LogP contribution in [0.4, 0.5) is 0 Å². The van der Waals surface area contributed by atoms with Crippen LogP contribution in [0.25, 0.3) is 17.0 Å². The van der Waals surface area contributed by atoms with Crippen LogP contribution < -0.4 is 14.2 Å². The van der Waals surface area contributed by atoms with Gasteiger partial charge in [-0.25, -0.2) is 0 Å². The number of carbonyl (C=O) groups excluding carboxylic acids is 1. The number of aromatic nitrogens is 2. The number of fused-ring (bicyclic) bond motifs is 4. The molecule has 0 amide bonds. The van der Waals surface area contributed by atoms with Crippen molar-refractivity contribution in [3.05, 3.63) is 66.4 Å². The molecule has 0 N–H and O–H groups in total. The minimum Gasteiger partial charge on any atom is -0.486 e. The Morgan fingerprint density at radius 3 is 2.76 bits per heavy atom. The summed E-state index contributed by atoms with van der Waals surface area (Å²) in [5, 5.41) is 4.49. The van der Waals surface area contributed by atoms with Crippen LogP contribution in [0.5, 0.6) is 17.2 Å². The van der Waals surface area contributed by atoms with E-state index in [1.807, 2.05) is 49.4 Å². The van der Waals surface area contributed by atoms with E-state index in [4.69, 9.17) is 14.2 Å². The quantitative estimate of drug-likeness (QED) is 0.675. The monoisotopic (exact) mass is 388 g/mol. The van der Waals surface area contributed by atoms with Crippen molar-refractivity contribution in [3.63, 3.8) is 0 Å². The van der Waals surface area contributed by atoms with E-state index in [0.29, 0.717) is 24.7 Å². The normalized spacial score (nSPS) is 15.1. The van der Waals surface area contributed by atoms with Gasteiger partial charge >= 0.3 is 0 Å².